The van der Waals surface area contributed by atoms with E-state index in [9.17, 15) is 4.79 Å². The monoisotopic (exact) mass is 247 g/mol. The molecule has 1 atom stereocenters. The average molecular weight is 247 g/mol. The van der Waals surface area contributed by atoms with E-state index in [1.165, 1.54) is 0 Å². The fourth-order valence-corrected chi connectivity index (χ4v) is 1.97. The first-order valence-corrected chi connectivity index (χ1v) is 6.42. The van der Waals surface area contributed by atoms with Crippen LogP contribution in [0.5, 0.6) is 11.5 Å². The third kappa shape index (κ3) is 2.03. The predicted molar refractivity (Wildman–Crippen MR) is 67.7 cm³/mol. The van der Waals surface area contributed by atoms with Crippen LogP contribution in [0.25, 0.3) is 0 Å². The molecule has 1 aliphatic heterocycles. The quantitative estimate of drug-likeness (QED) is 0.893. The highest BCUT2D eigenvalue weighted by Crippen LogP contribution is 2.42. The molecule has 1 fully saturated rings. The van der Waals surface area contributed by atoms with Crippen LogP contribution in [-0.2, 0) is 4.79 Å². The van der Waals surface area contributed by atoms with Crippen LogP contribution in [0, 0.1) is 5.92 Å². The Morgan fingerprint density at radius 2 is 2.11 bits per heavy atom. The molecule has 1 aliphatic carbocycles. The van der Waals surface area contributed by atoms with Gasteiger partial charge in [0.15, 0.2) is 11.5 Å². The number of carbonyl (C=O) groups excluding carboxylic acids is 1. The van der Waals surface area contributed by atoms with Crippen LogP contribution in [0.2, 0.25) is 0 Å². The molecular formula is C14H17NO3. The molecule has 0 aromatic heterocycles. The zero-order chi connectivity index (χ0) is 12.8. The molecule has 0 saturated heterocycles. The van der Waals surface area contributed by atoms with E-state index in [1.807, 2.05) is 32.0 Å². The number of carbonyl (C=O) groups is 1. The van der Waals surface area contributed by atoms with Gasteiger partial charge in [0, 0.05) is 31.0 Å². The topological polar surface area (TPSA) is 47.6 Å². The highest BCUT2D eigenvalue weighted by Gasteiger charge is 2.35. The van der Waals surface area contributed by atoms with Gasteiger partial charge in [0.05, 0.1) is 0 Å². The molecule has 4 nitrogen and oxygen atoms in total. The van der Waals surface area contributed by atoms with Crippen LogP contribution in [-0.4, -0.2) is 11.7 Å². The molecule has 0 radical (unpaired) electrons. The number of amides is 1. The highest BCUT2D eigenvalue weighted by molar-refractivity contribution is 5.94. The summed E-state index contributed by atoms with van der Waals surface area (Å²) < 4.78 is 11.5. The molecular weight excluding hydrogens is 230 g/mol. The molecule has 1 saturated carbocycles. The third-order valence-corrected chi connectivity index (χ3v) is 3.45. The largest absolute Gasteiger partial charge is 0.449 e. The van der Waals surface area contributed by atoms with Crippen LogP contribution in [0.1, 0.15) is 33.1 Å². The van der Waals surface area contributed by atoms with Crippen molar-refractivity contribution in [2.24, 2.45) is 5.92 Å². The summed E-state index contributed by atoms with van der Waals surface area (Å²) in [6.07, 6.45) is 2.78. The van der Waals surface area contributed by atoms with Crippen LogP contribution in [0.3, 0.4) is 0 Å². The van der Waals surface area contributed by atoms with E-state index in [4.69, 9.17) is 9.47 Å². The fraction of sp³-hybridized carbons (Fsp3) is 0.500. The first-order chi connectivity index (χ1) is 8.59. The van der Waals surface area contributed by atoms with Crippen molar-refractivity contribution in [3.8, 4) is 11.5 Å². The minimum Gasteiger partial charge on any atom is -0.449 e. The maximum atomic E-state index is 11.7. The van der Waals surface area contributed by atoms with Gasteiger partial charge in [0.1, 0.15) is 0 Å². The lowest BCUT2D eigenvalue weighted by Crippen LogP contribution is -2.33. The minimum atomic E-state index is -0.582. The molecule has 0 bridgehead atoms. The number of anilines is 1. The summed E-state index contributed by atoms with van der Waals surface area (Å²) in [5.41, 5.74) is 0.773. The van der Waals surface area contributed by atoms with Gasteiger partial charge in [-0.15, -0.1) is 0 Å². The van der Waals surface area contributed by atoms with E-state index < -0.39 is 5.79 Å². The molecule has 2 aliphatic rings. The number of ether oxygens (including phenoxy) is 2. The average Bonchev–Trinajstić information content (AvgIpc) is 3.12. The SMILES string of the molecule is CC[C@@]1(C)Oc2ccc(NC(=O)C3CC3)cc2O1. The number of benzene rings is 1. The minimum absolute atomic E-state index is 0.104. The highest BCUT2D eigenvalue weighted by atomic mass is 16.7. The van der Waals surface area contributed by atoms with E-state index in [0.29, 0.717) is 5.75 Å². The van der Waals surface area contributed by atoms with Crippen molar-refractivity contribution in [2.45, 2.75) is 38.9 Å². The van der Waals surface area contributed by atoms with Crippen LogP contribution >= 0.6 is 0 Å². The molecule has 0 spiro atoms. The Balaban J connectivity index is 1.76. The lowest BCUT2D eigenvalue weighted by molar-refractivity contribution is -0.117. The molecule has 1 heterocycles. The van der Waals surface area contributed by atoms with Gasteiger partial charge >= 0.3 is 0 Å². The van der Waals surface area contributed by atoms with Crippen molar-refractivity contribution in [3.05, 3.63) is 18.2 Å². The lowest BCUT2D eigenvalue weighted by atomic mass is 10.2. The predicted octanol–water partition coefficient (Wildman–Crippen LogP) is 2.93. The number of hydrogen-bond acceptors (Lipinski definition) is 3. The van der Waals surface area contributed by atoms with Crippen molar-refractivity contribution < 1.29 is 14.3 Å². The molecule has 1 aromatic rings. The van der Waals surface area contributed by atoms with Crippen molar-refractivity contribution in [1.29, 1.82) is 0 Å². The van der Waals surface area contributed by atoms with Gasteiger partial charge in [-0.05, 0) is 25.0 Å². The summed E-state index contributed by atoms with van der Waals surface area (Å²) in [5.74, 6) is 1.17. The number of rotatable bonds is 3. The van der Waals surface area contributed by atoms with Crippen molar-refractivity contribution in [2.75, 3.05) is 5.32 Å². The van der Waals surface area contributed by atoms with Gasteiger partial charge < -0.3 is 14.8 Å². The summed E-state index contributed by atoms with van der Waals surface area (Å²) in [6.45, 7) is 3.93. The van der Waals surface area contributed by atoms with E-state index in [2.05, 4.69) is 5.32 Å². The number of hydrogen-bond donors (Lipinski definition) is 1. The zero-order valence-electron chi connectivity index (χ0n) is 10.7. The Kier molecular flexibility index (Phi) is 2.47. The van der Waals surface area contributed by atoms with Crippen molar-refractivity contribution in [1.82, 2.24) is 0 Å². The Hall–Kier alpha value is -1.71. The van der Waals surface area contributed by atoms with E-state index in [-0.39, 0.29) is 11.8 Å². The maximum absolute atomic E-state index is 11.7. The number of nitrogens with one attached hydrogen (secondary N) is 1. The Bertz CT molecular complexity index is 496. The zero-order valence-corrected chi connectivity index (χ0v) is 10.7. The summed E-state index contributed by atoms with van der Waals surface area (Å²) in [6, 6.07) is 5.53. The molecule has 18 heavy (non-hydrogen) atoms. The van der Waals surface area contributed by atoms with Crippen LogP contribution in [0.4, 0.5) is 5.69 Å². The summed E-state index contributed by atoms with van der Waals surface area (Å²) in [5, 5.41) is 2.90. The maximum Gasteiger partial charge on any atom is 0.248 e. The van der Waals surface area contributed by atoms with E-state index >= 15 is 0 Å². The molecule has 4 heteroatoms. The van der Waals surface area contributed by atoms with E-state index in [0.717, 1.165) is 30.7 Å². The Morgan fingerprint density at radius 3 is 2.78 bits per heavy atom. The van der Waals surface area contributed by atoms with Crippen molar-refractivity contribution in [3.63, 3.8) is 0 Å². The standard InChI is InChI=1S/C14H17NO3/c1-3-14(2)17-11-7-6-10(8-12(11)18-14)15-13(16)9-4-5-9/h6-9H,3-5H2,1-2H3,(H,15,16)/t14-/m0/s1. The molecule has 1 aromatic carbocycles. The Morgan fingerprint density at radius 1 is 1.39 bits per heavy atom. The van der Waals surface area contributed by atoms with Crippen LogP contribution < -0.4 is 14.8 Å². The van der Waals surface area contributed by atoms with Gasteiger partial charge in [0.25, 0.3) is 0 Å². The van der Waals surface area contributed by atoms with Gasteiger partial charge in [-0.25, -0.2) is 0 Å². The normalized spacial score (nSPS) is 25.0. The van der Waals surface area contributed by atoms with E-state index in [1.54, 1.807) is 0 Å². The second-order valence-corrected chi connectivity index (χ2v) is 5.12. The Labute approximate surface area is 106 Å². The van der Waals surface area contributed by atoms with Crippen LogP contribution in [0.15, 0.2) is 18.2 Å². The molecule has 96 valence electrons. The molecule has 3 rings (SSSR count). The first-order valence-electron chi connectivity index (χ1n) is 6.42. The number of fused-ring (bicyclic) bond motifs is 1. The lowest BCUT2D eigenvalue weighted by Gasteiger charge is -2.20. The van der Waals surface area contributed by atoms with Gasteiger partial charge in [0.2, 0.25) is 11.7 Å². The first kappa shape index (κ1) is 11.4. The smallest absolute Gasteiger partial charge is 0.248 e. The van der Waals surface area contributed by atoms with Gasteiger partial charge in [-0.3, -0.25) is 4.79 Å². The van der Waals surface area contributed by atoms with Gasteiger partial charge in [-0.2, -0.15) is 0 Å². The second-order valence-electron chi connectivity index (χ2n) is 5.12. The fourth-order valence-electron chi connectivity index (χ4n) is 1.97. The summed E-state index contributed by atoms with van der Waals surface area (Å²) in [4.78, 5) is 11.7. The summed E-state index contributed by atoms with van der Waals surface area (Å²) in [7, 11) is 0. The van der Waals surface area contributed by atoms with Crippen molar-refractivity contribution >= 4 is 11.6 Å². The third-order valence-electron chi connectivity index (χ3n) is 3.45. The summed E-state index contributed by atoms with van der Waals surface area (Å²) >= 11 is 0. The molecule has 1 amide bonds. The molecule has 1 N–H and O–H groups in total. The second kappa shape index (κ2) is 3.90. The molecule has 0 unspecified atom stereocenters. The van der Waals surface area contributed by atoms with Gasteiger partial charge in [-0.1, -0.05) is 6.92 Å².